The molecule has 0 amide bonds. The molecule has 1 N–H and O–H groups in total. The van der Waals surface area contributed by atoms with E-state index in [1.165, 1.54) is 5.37 Å². The van der Waals surface area contributed by atoms with Crippen LogP contribution in [-0.4, -0.2) is 10.3 Å². The zero-order chi connectivity index (χ0) is 13.9. The summed E-state index contributed by atoms with van der Waals surface area (Å²) >= 11 is 4.78. The molecule has 2 aromatic carbocycles. The molecule has 98 valence electrons. The molecule has 0 aliphatic carbocycles. The third-order valence-corrected chi connectivity index (χ3v) is 4.29. The van der Waals surface area contributed by atoms with Gasteiger partial charge in [0.15, 0.2) is 0 Å². The predicted octanol–water partition coefficient (Wildman–Crippen LogP) is 3.23. The Morgan fingerprint density at radius 1 is 1.11 bits per heavy atom. The van der Waals surface area contributed by atoms with Crippen LogP contribution in [-0.2, 0) is 4.57 Å². The number of rotatable bonds is 4. The van der Waals surface area contributed by atoms with E-state index in [4.69, 9.17) is 16.7 Å². The molecule has 1 atom stereocenters. The summed E-state index contributed by atoms with van der Waals surface area (Å²) in [6, 6.07) is 13.5. The van der Waals surface area contributed by atoms with E-state index in [-0.39, 0.29) is 5.30 Å². The smallest absolute Gasteiger partial charge is 0.408 e. The summed E-state index contributed by atoms with van der Waals surface area (Å²) in [7, 11) is -3.86. The molecule has 2 rings (SSSR count). The Morgan fingerprint density at radius 3 is 2.21 bits per heavy atom. The van der Waals surface area contributed by atoms with Gasteiger partial charge in [0.2, 0.25) is 0 Å². The maximum atomic E-state index is 12.2. The highest BCUT2D eigenvalue weighted by Crippen LogP contribution is 2.41. The first-order valence-electron chi connectivity index (χ1n) is 5.66. The molecular formula is C14H13O3PS. The van der Waals surface area contributed by atoms with Gasteiger partial charge in [-0.1, -0.05) is 42.0 Å². The van der Waals surface area contributed by atoms with Gasteiger partial charge in [0.05, 0.1) is 5.30 Å². The van der Waals surface area contributed by atoms with Crippen molar-refractivity contribution < 1.29 is 14.0 Å². The second-order valence-electron chi connectivity index (χ2n) is 4.13. The van der Waals surface area contributed by atoms with Crippen molar-refractivity contribution in [3.63, 3.8) is 0 Å². The lowest BCUT2D eigenvalue weighted by atomic mass is 10.2. The van der Waals surface area contributed by atoms with Crippen LogP contribution in [0.4, 0.5) is 0 Å². The molecule has 0 heterocycles. The third kappa shape index (κ3) is 3.51. The van der Waals surface area contributed by atoms with Crippen molar-refractivity contribution in [2.24, 2.45) is 0 Å². The second kappa shape index (κ2) is 5.66. The molecule has 1 unspecified atom stereocenters. The minimum atomic E-state index is -3.86. The molecule has 5 heteroatoms. The summed E-state index contributed by atoms with van der Waals surface area (Å²) in [6.07, 6.45) is 0. The molecule has 0 saturated heterocycles. The summed E-state index contributed by atoms with van der Waals surface area (Å²) in [5.41, 5.74) is 1.87. The van der Waals surface area contributed by atoms with E-state index in [9.17, 15) is 9.46 Å². The summed E-state index contributed by atoms with van der Waals surface area (Å²) in [5, 5.41) is 1.75. The van der Waals surface area contributed by atoms with Crippen LogP contribution in [0.3, 0.4) is 0 Å². The highest BCUT2D eigenvalue weighted by atomic mass is 32.1. The number of benzene rings is 2. The fourth-order valence-corrected chi connectivity index (χ4v) is 2.73. The van der Waals surface area contributed by atoms with Crippen molar-refractivity contribution in [3.05, 3.63) is 59.7 Å². The number of hydrogen-bond donors (Lipinski definition) is 1. The van der Waals surface area contributed by atoms with E-state index in [0.29, 0.717) is 5.75 Å². The molecule has 0 aliphatic heterocycles. The van der Waals surface area contributed by atoms with E-state index in [0.717, 1.165) is 11.1 Å². The first-order valence-corrected chi connectivity index (χ1v) is 7.71. The summed E-state index contributed by atoms with van der Waals surface area (Å²) in [5.74, 6) is 0.371. The van der Waals surface area contributed by atoms with Crippen LogP contribution < -0.4 is 9.83 Å². The lowest BCUT2D eigenvalue weighted by Crippen LogP contribution is -2.09. The van der Waals surface area contributed by atoms with Gasteiger partial charge in [-0.3, -0.25) is 0 Å². The standard InChI is InChI=1S/C14H13O3PS/c1-11-2-6-13(7-3-11)17-18(15,16)14-8-4-12(10-19)5-9-14/h2-10H,1H3,(H,15,16). The fourth-order valence-electron chi connectivity index (χ4n) is 1.54. The van der Waals surface area contributed by atoms with Crippen molar-refractivity contribution in [3.8, 4) is 5.75 Å². The molecule has 0 saturated carbocycles. The van der Waals surface area contributed by atoms with E-state index in [1.54, 1.807) is 36.4 Å². The summed E-state index contributed by atoms with van der Waals surface area (Å²) in [6.45, 7) is 1.94. The first kappa shape index (κ1) is 13.9. The summed E-state index contributed by atoms with van der Waals surface area (Å²) in [4.78, 5) is 9.97. The van der Waals surface area contributed by atoms with Crippen LogP contribution in [0, 0.1) is 6.92 Å². The van der Waals surface area contributed by atoms with Crippen LogP contribution in [0.1, 0.15) is 11.1 Å². The minimum absolute atomic E-state index is 0.244. The number of thiocarbonyl (C=S) groups is 1. The molecule has 0 aromatic heterocycles. The Morgan fingerprint density at radius 2 is 1.68 bits per heavy atom. The largest absolute Gasteiger partial charge is 0.421 e. The quantitative estimate of drug-likeness (QED) is 0.694. The Hall–Kier alpha value is -1.48. The van der Waals surface area contributed by atoms with Gasteiger partial charge in [-0.25, -0.2) is 4.57 Å². The third-order valence-electron chi connectivity index (χ3n) is 2.61. The van der Waals surface area contributed by atoms with E-state index in [1.807, 2.05) is 19.1 Å². The minimum Gasteiger partial charge on any atom is -0.421 e. The van der Waals surface area contributed by atoms with Crippen molar-refractivity contribution in [1.82, 2.24) is 0 Å². The second-order valence-corrected chi connectivity index (χ2v) is 6.11. The molecule has 0 aliphatic rings. The summed E-state index contributed by atoms with van der Waals surface area (Å²) < 4.78 is 17.4. The van der Waals surface area contributed by atoms with Crippen LogP contribution in [0.15, 0.2) is 48.5 Å². The highest BCUT2D eigenvalue weighted by Gasteiger charge is 2.24. The Bertz CT molecular complexity index is 620. The molecule has 2 aromatic rings. The monoisotopic (exact) mass is 292 g/mol. The average Bonchev–Trinajstić information content (AvgIpc) is 2.41. The SMILES string of the molecule is Cc1ccc(OP(=O)(O)c2ccc(C=S)cc2)cc1. The maximum absolute atomic E-state index is 12.2. The number of aryl methyl sites for hydroxylation is 1. The van der Waals surface area contributed by atoms with Crippen LogP contribution >= 0.6 is 19.8 Å². The van der Waals surface area contributed by atoms with Crippen LogP contribution in [0.25, 0.3) is 0 Å². The van der Waals surface area contributed by atoms with E-state index >= 15 is 0 Å². The molecule has 0 radical (unpaired) electrons. The van der Waals surface area contributed by atoms with Crippen molar-refractivity contribution in [1.29, 1.82) is 0 Å². The van der Waals surface area contributed by atoms with Crippen molar-refractivity contribution in [2.75, 3.05) is 0 Å². The van der Waals surface area contributed by atoms with Crippen LogP contribution in [0.2, 0.25) is 0 Å². The molecular weight excluding hydrogens is 279 g/mol. The van der Waals surface area contributed by atoms with Gasteiger partial charge in [0.1, 0.15) is 5.75 Å². The van der Waals surface area contributed by atoms with E-state index < -0.39 is 7.60 Å². The topological polar surface area (TPSA) is 46.5 Å². The van der Waals surface area contributed by atoms with Gasteiger partial charge in [0.25, 0.3) is 0 Å². The normalized spacial score (nSPS) is 13.6. The molecule has 0 fully saturated rings. The predicted molar refractivity (Wildman–Crippen MR) is 80.5 cm³/mol. The van der Waals surface area contributed by atoms with Crippen molar-refractivity contribution in [2.45, 2.75) is 6.92 Å². The Labute approximate surface area is 117 Å². The van der Waals surface area contributed by atoms with Crippen LogP contribution in [0.5, 0.6) is 5.75 Å². The van der Waals surface area contributed by atoms with E-state index in [2.05, 4.69) is 0 Å². The molecule has 0 bridgehead atoms. The molecule has 0 spiro atoms. The van der Waals surface area contributed by atoms with Gasteiger partial charge in [0, 0.05) is 5.37 Å². The maximum Gasteiger partial charge on any atom is 0.408 e. The fraction of sp³-hybridized carbons (Fsp3) is 0.0714. The Balaban J connectivity index is 2.23. The zero-order valence-electron chi connectivity index (χ0n) is 10.3. The zero-order valence-corrected chi connectivity index (χ0v) is 12.0. The van der Waals surface area contributed by atoms with Crippen molar-refractivity contribution >= 4 is 30.5 Å². The number of hydrogen-bond acceptors (Lipinski definition) is 3. The molecule has 19 heavy (non-hydrogen) atoms. The Kier molecular flexibility index (Phi) is 4.15. The average molecular weight is 292 g/mol. The first-order chi connectivity index (χ1) is 9.01. The van der Waals surface area contributed by atoms with Gasteiger partial charge in [-0.05, 0) is 36.8 Å². The lowest BCUT2D eigenvalue weighted by Gasteiger charge is -2.13. The van der Waals surface area contributed by atoms with Gasteiger partial charge < -0.3 is 9.42 Å². The molecule has 3 nitrogen and oxygen atoms in total. The van der Waals surface area contributed by atoms with Gasteiger partial charge >= 0.3 is 7.60 Å². The van der Waals surface area contributed by atoms with Gasteiger partial charge in [-0.2, -0.15) is 0 Å². The highest BCUT2D eigenvalue weighted by molar-refractivity contribution is 7.79. The lowest BCUT2D eigenvalue weighted by molar-refractivity contribution is 0.393. The van der Waals surface area contributed by atoms with Gasteiger partial charge in [-0.15, -0.1) is 0 Å².